The highest BCUT2D eigenvalue weighted by Crippen LogP contribution is 2.23. The van der Waals surface area contributed by atoms with Gasteiger partial charge in [-0.2, -0.15) is 5.10 Å². The second-order valence-corrected chi connectivity index (χ2v) is 5.79. The molecule has 24 heavy (non-hydrogen) atoms. The normalized spacial score (nSPS) is 10.4. The highest BCUT2D eigenvalue weighted by atomic mass is 79.9. The van der Waals surface area contributed by atoms with Crippen LogP contribution in [0.25, 0.3) is 5.69 Å². The molecule has 0 fully saturated rings. The number of carbonyl (C=O) groups excluding carboxylic acids is 1. The van der Waals surface area contributed by atoms with Gasteiger partial charge in [0.15, 0.2) is 5.69 Å². The van der Waals surface area contributed by atoms with Gasteiger partial charge in [0.2, 0.25) is 0 Å². The second-order valence-electron chi connectivity index (χ2n) is 4.88. The zero-order valence-corrected chi connectivity index (χ0v) is 14.5. The molecule has 2 heterocycles. The third kappa shape index (κ3) is 3.62. The number of nitrogens with zero attached hydrogens (tertiary/aromatic N) is 3. The van der Waals surface area contributed by atoms with E-state index in [4.69, 9.17) is 4.74 Å². The van der Waals surface area contributed by atoms with Crippen LogP contribution in [-0.2, 0) is 4.74 Å². The van der Waals surface area contributed by atoms with Gasteiger partial charge in [-0.1, -0.05) is 28.1 Å². The first-order valence-corrected chi connectivity index (χ1v) is 8.17. The first-order valence-electron chi connectivity index (χ1n) is 7.38. The quantitative estimate of drug-likeness (QED) is 0.672. The largest absolute Gasteiger partial charge is 0.461 e. The molecule has 0 unspecified atom stereocenters. The fraction of sp³-hybridized carbons (Fsp3) is 0.118. The minimum atomic E-state index is -0.482. The molecule has 1 aromatic carbocycles. The zero-order valence-electron chi connectivity index (χ0n) is 12.9. The van der Waals surface area contributed by atoms with Crippen molar-refractivity contribution < 1.29 is 9.53 Å². The topological polar surface area (TPSA) is 69.0 Å². The number of nitrogens with one attached hydrogen (secondary N) is 1. The van der Waals surface area contributed by atoms with E-state index in [-0.39, 0.29) is 12.3 Å². The Labute approximate surface area is 147 Å². The van der Waals surface area contributed by atoms with Crippen LogP contribution in [0.4, 0.5) is 11.5 Å². The molecule has 7 heteroatoms. The monoisotopic (exact) mass is 386 g/mol. The van der Waals surface area contributed by atoms with Crippen molar-refractivity contribution in [2.75, 3.05) is 11.9 Å². The first kappa shape index (κ1) is 16.2. The van der Waals surface area contributed by atoms with E-state index in [0.717, 1.165) is 10.2 Å². The number of pyridine rings is 1. The lowest BCUT2D eigenvalue weighted by atomic mass is 10.3. The van der Waals surface area contributed by atoms with Gasteiger partial charge in [0.05, 0.1) is 24.2 Å². The summed E-state index contributed by atoms with van der Waals surface area (Å²) in [7, 11) is 0. The summed E-state index contributed by atoms with van der Waals surface area (Å²) in [5.41, 5.74) is 1.57. The van der Waals surface area contributed by atoms with Gasteiger partial charge in [-0.15, -0.1) is 0 Å². The van der Waals surface area contributed by atoms with Crippen molar-refractivity contribution in [1.29, 1.82) is 0 Å². The molecule has 0 spiro atoms. The molecule has 0 atom stereocenters. The Hall–Kier alpha value is -2.67. The van der Waals surface area contributed by atoms with Gasteiger partial charge in [-0.3, -0.25) is 0 Å². The van der Waals surface area contributed by atoms with E-state index < -0.39 is 5.97 Å². The summed E-state index contributed by atoms with van der Waals surface area (Å²) in [6.45, 7) is 2.04. The Balaban J connectivity index is 2.00. The number of esters is 1. The number of ether oxygens (including phenoxy) is 1. The Kier molecular flexibility index (Phi) is 4.90. The maximum atomic E-state index is 12.2. The van der Waals surface area contributed by atoms with Crippen LogP contribution in [0, 0.1) is 0 Å². The van der Waals surface area contributed by atoms with Gasteiger partial charge < -0.3 is 10.1 Å². The molecule has 2 aromatic heterocycles. The van der Waals surface area contributed by atoms with Crippen molar-refractivity contribution in [1.82, 2.24) is 14.8 Å². The van der Waals surface area contributed by atoms with Gasteiger partial charge in [0, 0.05) is 10.7 Å². The van der Waals surface area contributed by atoms with E-state index in [1.807, 2.05) is 42.5 Å². The Morgan fingerprint density at radius 2 is 2.17 bits per heavy atom. The number of benzene rings is 1. The summed E-state index contributed by atoms with van der Waals surface area (Å²) in [6.07, 6.45) is 3.41. The van der Waals surface area contributed by atoms with Crippen LogP contribution in [-0.4, -0.2) is 27.3 Å². The number of hydrogen-bond acceptors (Lipinski definition) is 5. The fourth-order valence-corrected chi connectivity index (χ4v) is 2.53. The Morgan fingerprint density at radius 1 is 1.29 bits per heavy atom. The lowest BCUT2D eigenvalue weighted by Crippen LogP contribution is -2.08. The Morgan fingerprint density at radius 3 is 2.88 bits per heavy atom. The highest BCUT2D eigenvalue weighted by molar-refractivity contribution is 9.10. The molecule has 0 saturated carbocycles. The van der Waals surface area contributed by atoms with Crippen LogP contribution in [0.1, 0.15) is 17.4 Å². The van der Waals surface area contributed by atoms with Gasteiger partial charge in [0.25, 0.3) is 0 Å². The van der Waals surface area contributed by atoms with Crippen molar-refractivity contribution in [2.45, 2.75) is 6.92 Å². The van der Waals surface area contributed by atoms with Crippen LogP contribution in [0.15, 0.2) is 59.3 Å². The van der Waals surface area contributed by atoms with Crippen LogP contribution in [0.5, 0.6) is 0 Å². The third-order valence-corrected chi connectivity index (χ3v) is 3.68. The molecule has 0 aliphatic heterocycles. The van der Waals surface area contributed by atoms with Crippen LogP contribution < -0.4 is 5.32 Å². The molecule has 122 valence electrons. The van der Waals surface area contributed by atoms with Crippen molar-refractivity contribution in [3.8, 4) is 5.69 Å². The predicted molar refractivity (Wildman–Crippen MR) is 94.7 cm³/mol. The lowest BCUT2D eigenvalue weighted by Gasteiger charge is -2.04. The van der Waals surface area contributed by atoms with Crippen LogP contribution in [0.3, 0.4) is 0 Å². The molecule has 6 nitrogen and oxygen atoms in total. The zero-order chi connectivity index (χ0) is 16.9. The maximum absolute atomic E-state index is 12.2. The van der Waals surface area contributed by atoms with Crippen molar-refractivity contribution in [2.24, 2.45) is 0 Å². The van der Waals surface area contributed by atoms with E-state index in [2.05, 4.69) is 31.3 Å². The van der Waals surface area contributed by atoms with E-state index >= 15 is 0 Å². The summed E-state index contributed by atoms with van der Waals surface area (Å²) in [5.74, 6) is 0.140. The summed E-state index contributed by atoms with van der Waals surface area (Å²) in [6, 6.07) is 13.1. The van der Waals surface area contributed by atoms with E-state index in [0.29, 0.717) is 11.5 Å². The van der Waals surface area contributed by atoms with Gasteiger partial charge in [0.1, 0.15) is 5.82 Å². The fourth-order valence-electron chi connectivity index (χ4n) is 2.14. The van der Waals surface area contributed by atoms with Crippen LogP contribution >= 0.6 is 15.9 Å². The van der Waals surface area contributed by atoms with Crippen molar-refractivity contribution >= 4 is 33.4 Å². The molecule has 0 amide bonds. The summed E-state index contributed by atoms with van der Waals surface area (Å²) < 4.78 is 7.65. The molecule has 3 aromatic rings. The average molecular weight is 387 g/mol. The molecule has 1 N–H and O–H groups in total. The highest BCUT2D eigenvalue weighted by Gasteiger charge is 2.19. The minimum Gasteiger partial charge on any atom is -0.461 e. The number of carbonyl (C=O) groups is 1. The SMILES string of the molecule is CCOC(=O)c1nn(-c2cccc(Br)c2)cc1Nc1ccccn1. The summed E-state index contributed by atoms with van der Waals surface area (Å²) >= 11 is 3.43. The molecule has 0 aliphatic carbocycles. The smallest absolute Gasteiger partial charge is 0.361 e. The third-order valence-electron chi connectivity index (χ3n) is 3.18. The van der Waals surface area contributed by atoms with Gasteiger partial charge >= 0.3 is 5.97 Å². The summed E-state index contributed by atoms with van der Waals surface area (Å²) in [4.78, 5) is 16.4. The number of aromatic nitrogens is 3. The maximum Gasteiger partial charge on any atom is 0.361 e. The van der Waals surface area contributed by atoms with E-state index in [9.17, 15) is 4.79 Å². The predicted octanol–water partition coefficient (Wildman–Crippen LogP) is 3.95. The molecule has 0 aliphatic rings. The van der Waals surface area contributed by atoms with Gasteiger partial charge in [-0.25, -0.2) is 14.5 Å². The molecule has 3 rings (SSSR count). The molecular formula is C17H15BrN4O2. The van der Waals surface area contributed by atoms with Crippen LogP contribution in [0.2, 0.25) is 0 Å². The summed E-state index contributed by atoms with van der Waals surface area (Å²) in [5, 5.41) is 7.48. The minimum absolute atomic E-state index is 0.211. The van der Waals surface area contributed by atoms with Crippen molar-refractivity contribution in [3.63, 3.8) is 0 Å². The van der Waals surface area contributed by atoms with Gasteiger partial charge in [-0.05, 0) is 37.3 Å². The number of hydrogen-bond donors (Lipinski definition) is 1. The first-order chi connectivity index (χ1) is 11.7. The Bertz CT molecular complexity index is 849. The average Bonchev–Trinajstić information content (AvgIpc) is 3.00. The van der Waals surface area contributed by atoms with E-state index in [1.54, 1.807) is 24.0 Å². The molecular weight excluding hydrogens is 372 g/mol. The number of anilines is 2. The molecule has 0 saturated heterocycles. The molecule has 0 bridgehead atoms. The molecule has 0 radical (unpaired) electrons. The van der Waals surface area contributed by atoms with E-state index in [1.165, 1.54) is 0 Å². The second kappa shape index (κ2) is 7.27. The number of rotatable bonds is 5. The standard InChI is InChI=1S/C17H15BrN4O2/c1-2-24-17(23)16-14(20-15-8-3-4-9-19-15)11-22(21-16)13-7-5-6-12(18)10-13/h3-11H,2H2,1H3,(H,19,20). The number of halogens is 1. The van der Waals surface area contributed by atoms with Crippen molar-refractivity contribution in [3.05, 3.63) is 65.0 Å². The lowest BCUT2D eigenvalue weighted by molar-refractivity contribution is 0.0520.